The molecule has 2 amide bonds. The molecule has 0 bridgehead atoms. The van der Waals surface area contributed by atoms with E-state index in [2.05, 4.69) is 0 Å². The largest absolute Gasteiger partial charge is 0.492 e. The lowest BCUT2D eigenvalue weighted by molar-refractivity contribution is -0.123. The van der Waals surface area contributed by atoms with Crippen LogP contribution in [0.1, 0.15) is 21.5 Å². The monoisotopic (exact) mass is 459 g/mol. The van der Waals surface area contributed by atoms with Crippen molar-refractivity contribution >= 4 is 35.0 Å². The first-order valence-electron chi connectivity index (χ1n) is 10.3. The van der Waals surface area contributed by atoms with E-state index in [9.17, 15) is 14.4 Å². The number of imide groups is 1. The van der Waals surface area contributed by atoms with Crippen molar-refractivity contribution in [3.63, 3.8) is 0 Å². The third kappa shape index (κ3) is 5.70. The van der Waals surface area contributed by atoms with Crippen LogP contribution in [0.2, 0.25) is 0 Å². The first-order chi connectivity index (χ1) is 16.0. The van der Waals surface area contributed by atoms with Gasteiger partial charge >= 0.3 is 5.97 Å². The molecule has 166 valence electrons. The summed E-state index contributed by atoms with van der Waals surface area (Å²) in [4.78, 5) is 38.9. The van der Waals surface area contributed by atoms with Crippen molar-refractivity contribution in [1.29, 1.82) is 0 Å². The van der Waals surface area contributed by atoms with E-state index < -0.39 is 5.97 Å². The SMILES string of the molecule is Cc1ccc(C(=O)Oc2cccc(/C=C3\SC(=O)N(CCOc4ccccc4)C3=O)c2)cc1. The topological polar surface area (TPSA) is 72.9 Å². The Morgan fingerprint density at radius 3 is 2.42 bits per heavy atom. The molecule has 0 aromatic heterocycles. The van der Waals surface area contributed by atoms with Crippen molar-refractivity contribution in [2.75, 3.05) is 13.2 Å². The van der Waals surface area contributed by atoms with Crippen LogP contribution in [0.3, 0.4) is 0 Å². The Labute approximate surface area is 195 Å². The van der Waals surface area contributed by atoms with Crippen LogP contribution in [0.4, 0.5) is 4.79 Å². The summed E-state index contributed by atoms with van der Waals surface area (Å²) in [6, 6.07) is 23.1. The van der Waals surface area contributed by atoms with Gasteiger partial charge in [-0.3, -0.25) is 14.5 Å². The van der Waals surface area contributed by atoms with Crippen LogP contribution in [0.15, 0.2) is 83.8 Å². The molecule has 7 heteroatoms. The van der Waals surface area contributed by atoms with Gasteiger partial charge in [-0.1, -0.05) is 48.0 Å². The van der Waals surface area contributed by atoms with Crippen LogP contribution in [0.5, 0.6) is 11.5 Å². The molecular weight excluding hydrogens is 438 g/mol. The van der Waals surface area contributed by atoms with Gasteiger partial charge in [0.1, 0.15) is 18.1 Å². The third-order valence-electron chi connectivity index (χ3n) is 4.85. The van der Waals surface area contributed by atoms with Crippen molar-refractivity contribution in [2.45, 2.75) is 6.92 Å². The number of thioether (sulfide) groups is 1. The summed E-state index contributed by atoms with van der Waals surface area (Å²) in [5.74, 6) is 0.191. The van der Waals surface area contributed by atoms with E-state index in [0.29, 0.717) is 27.5 Å². The van der Waals surface area contributed by atoms with Gasteiger partial charge < -0.3 is 9.47 Å². The van der Waals surface area contributed by atoms with Crippen molar-refractivity contribution in [3.05, 3.63) is 100 Å². The van der Waals surface area contributed by atoms with E-state index in [1.165, 1.54) is 4.90 Å². The van der Waals surface area contributed by atoms with Crippen LogP contribution < -0.4 is 9.47 Å². The zero-order valence-electron chi connectivity index (χ0n) is 17.9. The number of benzene rings is 3. The Morgan fingerprint density at radius 2 is 1.67 bits per heavy atom. The first-order valence-corrected chi connectivity index (χ1v) is 11.1. The highest BCUT2D eigenvalue weighted by Gasteiger charge is 2.34. The van der Waals surface area contributed by atoms with E-state index in [1.807, 2.05) is 49.4 Å². The Hall–Kier alpha value is -3.84. The molecule has 0 atom stereocenters. The molecule has 3 aromatic rings. The average Bonchev–Trinajstić information content (AvgIpc) is 3.07. The van der Waals surface area contributed by atoms with Crippen LogP contribution in [-0.4, -0.2) is 35.2 Å². The standard InChI is InChI=1S/C26H21NO5S/c1-18-10-12-20(13-11-18)25(29)32-22-9-5-6-19(16-22)17-23-24(28)27(26(30)33-23)14-15-31-21-7-3-2-4-8-21/h2-13,16-17H,14-15H2,1H3/b23-17-. The predicted molar refractivity (Wildman–Crippen MR) is 127 cm³/mol. The fourth-order valence-electron chi connectivity index (χ4n) is 3.14. The summed E-state index contributed by atoms with van der Waals surface area (Å²) in [6.45, 7) is 2.31. The molecular formula is C26H21NO5S. The predicted octanol–water partition coefficient (Wildman–Crippen LogP) is 5.33. The molecule has 33 heavy (non-hydrogen) atoms. The summed E-state index contributed by atoms with van der Waals surface area (Å²) >= 11 is 0.876. The van der Waals surface area contributed by atoms with Gasteiger partial charge in [0.05, 0.1) is 17.0 Å². The number of ether oxygens (including phenoxy) is 2. The van der Waals surface area contributed by atoms with Crippen LogP contribution >= 0.6 is 11.8 Å². The van der Waals surface area contributed by atoms with Gasteiger partial charge in [0, 0.05) is 0 Å². The van der Waals surface area contributed by atoms with E-state index in [-0.39, 0.29) is 24.3 Å². The Balaban J connectivity index is 1.40. The number of hydrogen-bond acceptors (Lipinski definition) is 6. The molecule has 0 aliphatic carbocycles. The number of aryl methyl sites for hydroxylation is 1. The number of carbonyl (C=O) groups excluding carboxylic acids is 3. The average molecular weight is 460 g/mol. The van der Waals surface area contributed by atoms with Gasteiger partial charge in [-0.05, 0) is 66.7 Å². The molecule has 1 heterocycles. The van der Waals surface area contributed by atoms with Crippen molar-refractivity contribution < 1.29 is 23.9 Å². The van der Waals surface area contributed by atoms with Gasteiger partial charge in [0.25, 0.3) is 11.1 Å². The number of para-hydroxylation sites is 1. The second-order valence-electron chi connectivity index (χ2n) is 7.32. The number of amides is 2. The molecule has 0 N–H and O–H groups in total. The van der Waals surface area contributed by atoms with Gasteiger partial charge in [-0.15, -0.1) is 0 Å². The summed E-state index contributed by atoms with van der Waals surface area (Å²) in [5.41, 5.74) is 2.15. The normalized spacial score (nSPS) is 14.6. The van der Waals surface area contributed by atoms with E-state index in [0.717, 1.165) is 17.3 Å². The molecule has 6 nitrogen and oxygen atoms in total. The summed E-state index contributed by atoms with van der Waals surface area (Å²) < 4.78 is 11.0. The van der Waals surface area contributed by atoms with Crippen molar-refractivity contribution in [3.8, 4) is 11.5 Å². The molecule has 3 aromatic carbocycles. The van der Waals surface area contributed by atoms with Crippen molar-refractivity contribution in [1.82, 2.24) is 4.90 Å². The minimum absolute atomic E-state index is 0.158. The Kier molecular flexibility index (Phi) is 6.90. The van der Waals surface area contributed by atoms with Gasteiger partial charge in [0.2, 0.25) is 0 Å². The molecule has 1 aliphatic rings. The minimum Gasteiger partial charge on any atom is -0.492 e. The van der Waals surface area contributed by atoms with E-state index in [4.69, 9.17) is 9.47 Å². The molecule has 0 radical (unpaired) electrons. The fourth-order valence-corrected chi connectivity index (χ4v) is 4.00. The number of hydrogen-bond donors (Lipinski definition) is 0. The maximum atomic E-state index is 12.7. The molecule has 0 saturated carbocycles. The first kappa shape index (κ1) is 22.4. The number of carbonyl (C=O) groups is 3. The highest BCUT2D eigenvalue weighted by molar-refractivity contribution is 8.18. The molecule has 4 rings (SSSR count). The van der Waals surface area contributed by atoms with Gasteiger partial charge in [-0.2, -0.15) is 0 Å². The summed E-state index contributed by atoms with van der Waals surface area (Å²) in [7, 11) is 0. The smallest absolute Gasteiger partial charge is 0.343 e. The number of rotatable bonds is 7. The molecule has 1 aliphatic heterocycles. The minimum atomic E-state index is -0.467. The second-order valence-corrected chi connectivity index (χ2v) is 8.32. The quantitative estimate of drug-likeness (QED) is 0.270. The molecule has 1 saturated heterocycles. The van der Waals surface area contributed by atoms with E-state index >= 15 is 0 Å². The van der Waals surface area contributed by atoms with Crippen molar-refractivity contribution in [2.24, 2.45) is 0 Å². The van der Waals surface area contributed by atoms with Gasteiger partial charge in [-0.25, -0.2) is 4.79 Å². The van der Waals surface area contributed by atoms with Crippen LogP contribution in [-0.2, 0) is 4.79 Å². The Morgan fingerprint density at radius 1 is 0.939 bits per heavy atom. The molecule has 0 spiro atoms. The lowest BCUT2D eigenvalue weighted by atomic mass is 10.1. The summed E-state index contributed by atoms with van der Waals surface area (Å²) in [6.07, 6.45) is 1.62. The maximum absolute atomic E-state index is 12.7. The zero-order valence-corrected chi connectivity index (χ0v) is 18.7. The second kappa shape index (κ2) is 10.2. The Bertz CT molecular complexity index is 1200. The zero-order chi connectivity index (χ0) is 23.2. The molecule has 0 unspecified atom stereocenters. The van der Waals surface area contributed by atoms with Crippen LogP contribution in [0, 0.1) is 6.92 Å². The fraction of sp³-hybridized carbons (Fsp3) is 0.115. The lowest BCUT2D eigenvalue weighted by Crippen LogP contribution is -2.32. The third-order valence-corrected chi connectivity index (χ3v) is 5.76. The van der Waals surface area contributed by atoms with Crippen LogP contribution in [0.25, 0.3) is 6.08 Å². The van der Waals surface area contributed by atoms with Gasteiger partial charge in [0.15, 0.2) is 0 Å². The maximum Gasteiger partial charge on any atom is 0.343 e. The van der Waals surface area contributed by atoms with E-state index in [1.54, 1.807) is 42.5 Å². The number of esters is 1. The molecule has 1 fully saturated rings. The number of nitrogens with zero attached hydrogens (tertiary/aromatic N) is 1. The highest BCUT2D eigenvalue weighted by atomic mass is 32.2. The lowest BCUT2D eigenvalue weighted by Gasteiger charge is -2.13. The highest BCUT2D eigenvalue weighted by Crippen LogP contribution is 2.32. The summed E-state index contributed by atoms with van der Waals surface area (Å²) in [5, 5.41) is -0.343.